The first kappa shape index (κ1) is 20.4. The molecule has 146 valence electrons. The molecule has 0 N–H and O–H groups in total. The number of nitrogens with zero attached hydrogens (tertiary/aromatic N) is 2. The maximum Gasteiger partial charge on any atom is 0.254 e. The van der Waals surface area contributed by atoms with Crippen LogP contribution in [-0.4, -0.2) is 21.8 Å². The summed E-state index contributed by atoms with van der Waals surface area (Å²) >= 11 is 7.51. The average Bonchev–Trinajstić information content (AvgIpc) is 3.11. The second-order valence-electron chi connectivity index (χ2n) is 6.87. The van der Waals surface area contributed by atoms with E-state index < -0.39 is 0 Å². The quantitative estimate of drug-likeness (QED) is 0.495. The molecule has 0 bridgehead atoms. The molecule has 0 unspecified atom stereocenters. The minimum atomic E-state index is 0.0171. The Hall–Kier alpha value is -2.37. The summed E-state index contributed by atoms with van der Waals surface area (Å²) in [5.74, 6) is 0.728. The molecule has 0 aliphatic rings. The van der Waals surface area contributed by atoms with Gasteiger partial charge in [0.05, 0.1) is 12.2 Å². The second kappa shape index (κ2) is 9.22. The lowest BCUT2D eigenvalue weighted by Gasteiger charge is -2.26. The highest BCUT2D eigenvalue weighted by molar-refractivity contribution is 7.09. The first-order chi connectivity index (χ1) is 13.4. The third kappa shape index (κ3) is 5.33. The molecule has 28 heavy (non-hydrogen) atoms. The summed E-state index contributed by atoms with van der Waals surface area (Å²) in [5, 5.41) is 3.48. The number of benzene rings is 2. The highest BCUT2D eigenvalue weighted by Gasteiger charge is 2.20. The number of carbonyl (C=O) groups excluding carboxylic acids is 1. The van der Waals surface area contributed by atoms with Crippen molar-refractivity contribution in [3.05, 3.63) is 80.8 Å². The average molecular weight is 415 g/mol. The van der Waals surface area contributed by atoms with Gasteiger partial charge < -0.3 is 9.64 Å². The third-order valence-electron chi connectivity index (χ3n) is 4.24. The van der Waals surface area contributed by atoms with Crippen molar-refractivity contribution in [3.63, 3.8) is 0 Å². The van der Waals surface area contributed by atoms with E-state index in [-0.39, 0.29) is 11.9 Å². The van der Waals surface area contributed by atoms with Crippen LogP contribution in [0.25, 0.3) is 0 Å². The number of aryl methyl sites for hydroxylation is 1. The van der Waals surface area contributed by atoms with Crippen LogP contribution in [0.15, 0.2) is 53.9 Å². The molecule has 0 atom stereocenters. The fraction of sp³-hybridized carbons (Fsp3) is 0.273. The zero-order chi connectivity index (χ0) is 20.1. The van der Waals surface area contributed by atoms with Crippen LogP contribution in [0.1, 0.15) is 40.5 Å². The number of aromatic nitrogens is 1. The molecule has 1 amide bonds. The maximum atomic E-state index is 13.0. The molecule has 0 aliphatic carbocycles. The van der Waals surface area contributed by atoms with E-state index in [9.17, 15) is 4.79 Å². The Morgan fingerprint density at radius 1 is 1.21 bits per heavy atom. The van der Waals surface area contributed by atoms with Gasteiger partial charge in [0.2, 0.25) is 0 Å². The van der Waals surface area contributed by atoms with E-state index in [4.69, 9.17) is 16.3 Å². The van der Waals surface area contributed by atoms with Gasteiger partial charge in [-0.2, -0.15) is 0 Å². The van der Waals surface area contributed by atoms with Crippen molar-refractivity contribution in [2.24, 2.45) is 0 Å². The molecule has 2 aromatic carbocycles. The van der Waals surface area contributed by atoms with Gasteiger partial charge in [0, 0.05) is 22.0 Å². The van der Waals surface area contributed by atoms with Gasteiger partial charge in [-0.05, 0) is 51.1 Å². The summed E-state index contributed by atoms with van der Waals surface area (Å²) in [7, 11) is 0. The normalized spacial score (nSPS) is 10.9. The zero-order valence-corrected chi connectivity index (χ0v) is 17.8. The first-order valence-corrected chi connectivity index (χ1v) is 10.4. The van der Waals surface area contributed by atoms with Gasteiger partial charge in [0.1, 0.15) is 17.4 Å². The van der Waals surface area contributed by atoms with Gasteiger partial charge in [-0.25, -0.2) is 4.98 Å². The molecule has 3 aromatic rings. The van der Waals surface area contributed by atoms with Crippen LogP contribution in [0.5, 0.6) is 5.75 Å². The predicted octanol–water partition coefficient (Wildman–Crippen LogP) is 5.73. The number of ether oxygens (including phenoxy) is 1. The smallest absolute Gasteiger partial charge is 0.254 e. The van der Waals surface area contributed by atoms with E-state index in [0.29, 0.717) is 29.5 Å². The van der Waals surface area contributed by atoms with E-state index in [1.54, 1.807) is 6.07 Å². The molecule has 0 saturated heterocycles. The Labute approximate surface area is 174 Å². The highest BCUT2D eigenvalue weighted by atomic mass is 35.5. The topological polar surface area (TPSA) is 42.4 Å². The molecule has 0 spiro atoms. The molecular formula is C22H23ClN2O2S. The fourth-order valence-corrected chi connectivity index (χ4v) is 3.67. The van der Waals surface area contributed by atoms with Crippen molar-refractivity contribution >= 4 is 28.8 Å². The van der Waals surface area contributed by atoms with E-state index >= 15 is 0 Å². The minimum Gasteiger partial charge on any atom is -0.486 e. The summed E-state index contributed by atoms with van der Waals surface area (Å²) in [6.45, 7) is 6.87. The Morgan fingerprint density at radius 2 is 2.00 bits per heavy atom. The van der Waals surface area contributed by atoms with Crippen LogP contribution in [0.3, 0.4) is 0 Å². The molecule has 1 heterocycles. The Bertz CT molecular complexity index is 955. The van der Waals surface area contributed by atoms with Crippen LogP contribution >= 0.6 is 22.9 Å². The molecule has 1 aromatic heterocycles. The van der Waals surface area contributed by atoms with Crippen molar-refractivity contribution < 1.29 is 9.53 Å². The van der Waals surface area contributed by atoms with Crippen molar-refractivity contribution in [3.8, 4) is 5.75 Å². The monoisotopic (exact) mass is 414 g/mol. The van der Waals surface area contributed by atoms with Crippen LogP contribution in [0.4, 0.5) is 0 Å². The van der Waals surface area contributed by atoms with Crippen LogP contribution < -0.4 is 4.74 Å². The highest BCUT2D eigenvalue weighted by Crippen LogP contribution is 2.21. The van der Waals surface area contributed by atoms with Gasteiger partial charge in [0.25, 0.3) is 5.91 Å². The molecule has 4 nitrogen and oxygen atoms in total. The summed E-state index contributed by atoms with van der Waals surface area (Å²) < 4.78 is 5.75. The summed E-state index contributed by atoms with van der Waals surface area (Å²) in [5.41, 5.74) is 2.64. The summed E-state index contributed by atoms with van der Waals surface area (Å²) in [6, 6.07) is 15.0. The third-order valence-corrected chi connectivity index (χ3v) is 5.35. The standard InChI is InChI=1S/C22H23ClN2O2S/c1-15(2)25(22(26)17-7-4-6-16(3)10-17)12-19-14-28-21(24-19)13-27-20-9-5-8-18(23)11-20/h4-11,14-15H,12-13H2,1-3H3. The van der Waals surface area contributed by atoms with Crippen LogP contribution in [0.2, 0.25) is 5.02 Å². The van der Waals surface area contributed by atoms with Crippen LogP contribution in [-0.2, 0) is 13.2 Å². The lowest BCUT2D eigenvalue weighted by Crippen LogP contribution is -2.36. The minimum absolute atomic E-state index is 0.0171. The second-order valence-corrected chi connectivity index (χ2v) is 8.25. The van der Waals surface area contributed by atoms with Gasteiger partial charge in [-0.1, -0.05) is 35.4 Å². The summed E-state index contributed by atoms with van der Waals surface area (Å²) in [6.07, 6.45) is 0. The fourth-order valence-electron chi connectivity index (χ4n) is 2.80. The SMILES string of the molecule is Cc1cccc(C(=O)N(Cc2csc(COc3cccc(Cl)c3)n2)C(C)C)c1. The molecule has 0 aliphatic heterocycles. The molecule has 0 saturated carbocycles. The van der Waals surface area contributed by atoms with E-state index in [1.165, 1.54) is 11.3 Å². The zero-order valence-electron chi connectivity index (χ0n) is 16.2. The van der Waals surface area contributed by atoms with Crippen LogP contribution in [0, 0.1) is 6.92 Å². The largest absolute Gasteiger partial charge is 0.486 e. The molecule has 0 radical (unpaired) electrons. The Morgan fingerprint density at radius 3 is 2.71 bits per heavy atom. The number of hydrogen-bond donors (Lipinski definition) is 0. The van der Waals surface area contributed by atoms with Crippen molar-refractivity contribution in [1.29, 1.82) is 0 Å². The van der Waals surface area contributed by atoms with Gasteiger partial charge >= 0.3 is 0 Å². The number of halogens is 1. The molecule has 0 fully saturated rings. The van der Waals surface area contributed by atoms with Crippen molar-refractivity contribution in [2.45, 2.75) is 40.0 Å². The van der Waals surface area contributed by atoms with Gasteiger partial charge in [0.15, 0.2) is 0 Å². The predicted molar refractivity (Wildman–Crippen MR) is 114 cm³/mol. The number of hydrogen-bond acceptors (Lipinski definition) is 4. The van der Waals surface area contributed by atoms with E-state index in [0.717, 1.165) is 16.3 Å². The summed E-state index contributed by atoms with van der Waals surface area (Å²) in [4.78, 5) is 19.4. The molecule has 3 rings (SSSR count). The number of carbonyl (C=O) groups is 1. The number of rotatable bonds is 7. The lowest BCUT2D eigenvalue weighted by atomic mass is 10.1. The Kier molecular flexibility index (Phi) is 6.70. The van der Waals surface area contributed by atoms with E-state index in [2.05, 4.69) is 4.98 Å². The lowest BCUT2D eigenvalue weighted by molar-refractivity contribution is 0.0688. The Balaban J connectivity index is 1.66. The first-order valence-electron chi connectivity index (χ1n) is 9.11. The number of amides is 1. The van der Waals surface area contributed by atoms with Crippen molar-refractivity contribution in [2.75, 3.05) is 0 Å². The van der Waals surface area contributed by atoms with Gasteiger partial charge in [-0.15, -0.1) is 11.3 Å². The molecular weight excluding hydrogens is 392 g/mol. The van der Waals surface area contributed by atoms with Crippen molar-refractivity contribution in [1.82, 2.24) is 9.88 Å². The molecule has 6 heteroatoms. The maximum absolute atomic E-state index is 13.0. The number of thiazole rings is 1. The van der Waals surface area contributed by atoms with E-state index in [1.807, 2.05) is 73.5 Å². The van der Waals surface area contributed by atoms with Gasteiger partial charge in [-0.3, -0.25) is 4.79 Å².